The molecule has 0 saturated heterocycles. The van der Waals surface area contributed by atoms with Gasteiger partial charge in [-0.1, -0.05) is 24.4 Å². The van der Waals surface area contributed by atoms with E-state index in [0.717, 1.165) is 25.7 Å². The number of hydrogen-bond donors (Lipinski definition) is 2. The molecule has 1 saturated carbocycles. The molecule has 0 aromatic carbocycles. The molecule has 6 heteroatoms. The molecular formula is C11H15ClN4O. The van der Waals surface area contributed by atoms with Crippen LogP contribution >= 0.6 is 11.6 Å². The number of nitrogens with one attached hydrogen (secondary N) is 1. The third-order valence-corrected chi connectivity index (χ3v) is 3.26. The van der Waals surface area contributed by atoms with Crippen LogP contribution in [0.25, 0.3) is 0 Å². The minimum absolute atomic E-state index is 0.0300. The fraction of sp³-hybridized carbons (Fsp3) is 0.545. The summed E-state index contributed by atoms with van der Waals surface area (Å²) in [5.41, 5.74) is 5.39. The summed E-state index contributed by atoms with van der Waals surface area (Å²) < 4.78 is 0. The van der Waals surface area contributed by atoms with Gasteiger partial charge in [-0.25, -0.2) is 9.97 Å². The third kappa shape index (κ3) is 3.06. The number of amides is 1. The lowest BCUT2D eigenvalue weighted by Crippen LogP contribution is -2.40. The van der Waals surface area contributed by atoms with Gasteiger partial charge >= 0.3 is 0 Å². The number of anilines is 1. The number of aromatic nitrogens is 2. The summed E-state index contributed by atoms with van der Waals surface area (Å²) in [6.45, 7) is 0. The molecule has 0 unspecified atom stereocenters. The average molecular weight is 255 g/mol. The zero-order valence-electron chi connectivity index (χ0n) is 9.40. The summed E-state index contributed by atoms with van der Waals surface area (Å²) in [5, 5.41) is 3.65. The second kappa shape index (κ2) is 5.31. The highest BCUT2D eigenvalue weighted by molar-refractivity contribution is 6.30. The summed E-state index contributed by atoms with van der Waals surface area (Å²) in [7, 11) is 0. The van der Waals surface area contributed by atoms with E-state index in [0.29, 0.717) is 11.0 Å². The molecule has 1 aromatic heterocycles. The smallest absolute Gasteiger partial charge is 0.222 e. The molecule has 0 aliphatic heterocycles. The van der Waals surface area contributed by atoms with Gasteiger partial charge in [0.05, 0.1) is 23.3 Å². The standard InChI is InChI=1S/C11H15ClN4O/c12-7-5-14-11(15-6-7)16-9-4-2-1-3-8(9)10(13)17/h5-6,8-9H,1-4H2,(H2,13,17)(H,14,15,16)/t8-,9-/m1/s1. The number of nitrogens with zero attached hydrogens (tertiary/aromatic N) is 2. The van der Waals surface area contributed by atoms with Gasteiger partial charge in [0.2, 0.25) is 11.9 Å². The van der Waals surface area contributed by atoms with Crippen molar-refractivity contribution in [2.24, 2.45) is 11.7 Å². The Balaban J connectivity index is 2.05. The van der Waals surface area contributed by atoms with E-state index in [1.807, 2.05) is 0 Å². The topological polar surface area (TPSA) is 80.9 Å². The highest BCUT2D eigenvalue weighted by Crippen LogP contribution is 2.26. The van der Waals surface area contributed by atoms with Crippen LogP contribution in [0, 0.1) is 5.92 Å². The van der Waals surface area contributed by atoms with Crippen molar-refractivity contribution < 1.29 is 4.79 Å². The van der Waals surface area contributed by atoms with Crippen molar-refractivity contribution in [1.82, 2.24) is 9.97 Å². The van der Waals surface area contributed by atoms with E-state index in [1.165, 1.54) is 12.4 Å². The molecule has 92 valence electrons. The van der Waals surface area contributed by atoms with Gasteiger partial charge in [-0.3, -0.25) is 4.79 Å². The SMILES string of the molecule is NC(=O)[C@@H]1CCCC[C@H]1Nc1ncc(Cl)cn1. The lowest BCUT2D eigenvalue weighted by molar-refractivity contribution is -0.122. The predicted molar refractivity (Wildman–Crippen MR) is 65.6 cm³/mol. The maximum atomic E-state index is 11.3. The van der Waals surface area contributed by atoms with Gasteiger partial charge in [-0.05, 0) is 12.8 Å². The van der Waals surface area contributed by atoms with Crippen molar-refractivity contribution in [2.45, 2.75) is 31.7 Å². The molecule has 1 aliphatic rings. The molecule has 2 atom stereocenters. The summed E-state index contributed by atoms with van der Waals surface area (Å²) in [4.78, 5) is 19.4. The van der Waals surface area contributed by atoms with Crippen molar-refractivity contribution in [3.8, 4) is 0 Å². The Labute approximate surface area is 105 Å². The Morgan fingerprint density at radius 3 is 2.65 bits per heavy atom. The molecule has 1 amide bonds. The van der Waals surface area contributed by atoms with Gasteiger partial charge in [0.1, 0.15) is 0 Å². The summed E-state index contributed by atoms with van der Waals surface area (Å²) in [6.07, 6.45) is 6.94. The maximum Gasteiger partial charge on any atom is 0.222 e. The van der Waals surface area contributed by atoms with Crippen LogP contribution < -0.4 is 11.1 Å². The van der Waals surface area contributed by atoms with E-state index < -0.39 is 0 Å². The van der Waals surface area contributed by atoms with Gasteiger partial charge in [0.15, 0.2) is 0 Å². The second-order valence-electron chi connectivity index (χ2n) is 4.27. The van der Waals surface area contributed by atoms with Gasteiger partial charge < -0.3 is 11.1 Å². The van der Waals surface area contributed by atoms with E-state index in [-0.39, 0.29) is 17.9 Å². The van der Waals surface area contributed by atoms with E-state index in [2.05, 4.69) is 15.3 Å². The first-order valence-corrected chi connectivity index (χ1v) is 6.08. The quantitative estimate of drug-likeness (QED) is 0.858. The van der Waals surface area contributed by atoms with Gasteiger partial charge in [0, 0.05) is 6.04 Å². The molecule has 0 spiro atoms. The van der Waals surface area contributed by atoms with Crippen molar-refractivity contribution in [1.29, 1.82) is 0 Å². The Morgan fingerprint density at radius 1 is 1.35 bits per heavy atom. The average Bonchev–Trinajstić information content (AvgIpc) is 2.32. The van der Waals surface area contributed by atoms with Crippen LogP contribution in [0.5, 0.6) is 0 Å². The maximum absolute atomic E-state index is 11.3. The van der Waals surface area contributed by atoms with Gasteiger partial charge in [-0.15, -0.1) is 0 Å². The Kier molecular flexibility index (Phi) is 3.78. The number of nitrogens with two attached hydrogens (primary N) is 1. The summed E-state index contributed by atoms with van der Waals surface area (Å²) >= 11 is 5.71. The van der Waals surface area contributed by atoms with Crippen LogP contribution in [0.3, 0.4) is 0 Å². The highest BCUT2D eigenvalue weighted by Gasteiger charge is 2.29. The molecule has 2 rings (SSSR count). The molecule has 1 aromatic rings. The van der Waals surface area contributed by atoms with Crippen LogP contribution in [0.1, 0.15) is 25.7 Å². The monoisotopic (exact) mass is 254 g/mol. The Hall–Kier alpha value is -1.36. The number of rotatable bonds is 3. The Bertz CT molecular complexity index is 395. The number of primary amides is 1. The first-order chi connectivity index (χ1) is 8.16. The number of halogens is 1. The molecular weight excluding hydrogens is 240 g/mol. The molecule has 0 bridgehead atoms. The number of carbonyl (C=O) groups excluding carboxylic acids is 1. The lowest BCUT2D eigenvalue weighted by Gasteiger charge is -2.29. The summed E-state index contributed by atoms with van der Waals surface area (Å²) in [6, 6.07) is 0.0300. The minimum atomic E-state index is -0.254. The highest BCUT2D eigenvalue weighted by atomic mass is 35.5. The van der Waals surface area contributed by atoms with Crippen LogP contribution in [0.4, 0.5) is 5.95 Å². The van der Waals surface area contributed by atoms with Crippen LogP contribution in [0.2, 0.25) is 5.02 Å². The number of hydrogen-bond acceptors (Lipinski definition) is 4. The third-order valence-electron chi connectivity index (χ3n) is 3.07. The van der Waals surface area contributed by atoms with Gasteiger partial charge in [0.25, 0.3) is 0 Å². The molecule has 1 aliphatic carbocycles. The molecule has 3 N–H and O–H groups in total. The fourth-order valence-electron chi connectivity index (χ4n) is 2.20. The van der Waals surface area contributed by atoms with E-state index in [1.54, 1.807) is 0 Å². The largest absolute Gasteiger partial charge is 0.369 e. The van der Waals surface area contributed by atoms with Crippen molar-refractivity contribution in [3.05, 3.63) is 17.4 Å². The minimum Gasteiger partial charge on any atom is -0.369 e. The normalized spacial score (nSPS) is 24.3. The van der Waals surface area contributed by atoms with E-state index in [9.17, 15) is 4.79 Å². The molecule has 1 heterocycles. The second-order valence-corrected chi connectivity index (χ2v) is 4.71. The van der Waals surface area contributed by atoms with E-state index in [4.69, 9.17) is 17.3 Å². The van der Waals surface area contributed by atoms with Gasteiger partial charge in [-0.2, -0.15) is 0 Å². The van der Waals surface area contributed by atoms with Crippen molar-refractivity contribution in [2.75, 3.05) is 5.32 Å². The van der Waals surface area contributed by atoms with Crippen molar-refractivity contribution in [3.63, 3.8) is 0 Å². The number of carbonyl (C=O) groups is 1. The van der Waals surface area contributed by atoms with Crippen LogP contribution in [-0.2, 0) is 4.79 Å². The lowest BCUT2D eigenvalue weighted by atomic mass is 9.84. The molecule has 17 heavy (non-hydrogen) atoms. The molecule has 5 nitrogen and oxygen atoms in total. The first kappa shape index (κ1) is 12.1. The molecule has 1 fully saturated rings. The van der Waals surface area contributed by atoms with E-state index >= 15 is 0 Å². The zero-order chi connectivity index (χ0) is 12.3. The fourth-order valence-corrected chi connectivity index (χ4v) is 2.29. The first-order valence-electron chi connectivity index (χ1n) is 5.70. The zero-order valence-corrected chi connectivity index (χ0v) is 10.2. The molecule has 0 radical (unpaired) electrons. The predicted octanol–water partition coefficient (Wildman–Crippen LogP) is 1.59. The summed E-state index contributed by atoms with van der Waals surface area (Å²) in [5.74, 6) is 0.103. The van der Waals surface area contributed by atoms with Crippen LogP contribution in [0.15, 0.2) is 12.4 Å². The van der Waals surface area contributed by atoms with Crippen molar-refractivity contribution >= 4 is 23.5 Å². The Morgan fingerprint density at radius 2 is 2.00 bits per heavy atom. The van der Waals surface area contributed by atoms with Crippen LogP contribution in [-0.4, -0.2) is 21.9 Å².